The standard InChI is InChI=1S/C14H16BrNOS/c1-3-18-13-7-5-4-6-11(13)16-10(2)12-8-9-14(15)17-12/h4-10,16H,3H2,1-2H3. The molecule has 0 spiro atoms. The first-order valence-electron chi connectivity index (χ1n) is 5.94. The second-order valence-electron chi connectivity index (χ2n) is 3.94. The second-order valence-corrected chi connectivity index (χ2v) is 6.02. The third-order valence-electron chi connectivity index (χ3n) is 2.58. The van der Waals surface area contributed by atoms with Gasteiger partial charge in [0.25, 0.3) is 0 Å². The molecule has 1 aromatic heterocycles. The predicted molar refractivity (Wildman–Crippen MR) is 81.3 cm³/mol. The summed E-state index contributed by atoms with van der Waals surface area (Å²) in [4.78, 5) is 1.28. The van der Waals surface area contributed by atoms with Crippen LogP contribution >= 0.6 is 27.7 Å². The minimum absolute atomic E-state index is 0.148. The first kappa shape index (κ1) is 13.6. The summed E-state index contributed by atoms with van der Waals surface area (Å²) < 4.78 is 6.33. The molecule has 1 heterocycles. The summed E-state index contributed by atoms with van der Waals surface area (Å²) >= 11 is 5.17. The summed E-state index contributed by atoms with van der Waals surface area (Å²) in [7, 11) is 0. The molecule has 4 heteroatoms. The van der Waals surface area contributed by atoms with E-state index in [-0.39, 0.29) is 6.04 Å². The summed E-state index contributed by atoms with van der Waals surface area (Å²) in [5, 5.41) is 3.49. The van der Waals surface area contributed by atoms with Crippen LogP contribution in [0.2, 0.25) is 0 Å². The van der Waals surface area contributed by atoms with Gasteiger partial charge in [0.2, 0.25) is 0 Å². The Bertz CT molecular complexity index is 512. The lowest BCUT2D eigenvalue weighted by Crippen LogP contribution is -2.06. The van der Waals surface area contributed by atoms with Gasteiger partial charge in [-0.25, -0.2) is 0 Å². The first-order valence-corrected chi connectivity index (χ1v) is 7.72. The van der Waals surface area contributed by atoms with Crippen molar-refractivity contribution in [2.24, 2.45) is 0 Å². The Morgan fingerprint density at radius 1 is 1.28 bits per heavy atom. The number of hydrogen-bond acceptors (Lipinski definition) is 3. The molecular weight excluding hydrogens is 310 g/mol. The number of furan rings is 1. The highest BCUT2D eigenvalue weighted by molar-refractivity contribution is 9.10. The molecule has 18 heavy (non-hydrogen) atoms. The van der Waals surface area contributed by atoms with Gasteiger partial charge in [-0.1, -0.05) is 19.1 Å². The summed E-state index contributed by atoms with van der Waals surface area (Å²) in [6.07, 6.45) is 0. The second kappa shape index (κ2) is 6.34. The summed E-state index contributed by atoms with van der Waals surface area (Å²) in [6.45, 7) is 4.26. The van der Waals surface area contributed by atoms with Crippen LogP contribution in [0.4, 0.5) is 5.69 Å². The van der Waals surface area contributed by atoms with Crippen molar-refractivity contribution in [3.8, 4) is 0 Å². The first-order chi connectivity index (χ1) is 8.70. The van der Waals surface area contributed by atoms with Gasteiger partial charge in [0.15, 0.2) is 4.67 Å². The molecule has 1 unspecified atom stereocenters. The monoisotopic (exact) mass is 325 g/mol. The molecule has 96 valence electrons. The number of halogens is 1. The zero-order valence-electron chi connectivity index (χ0n) is 10.4. The lowest BCUT2D eigenvalue weighted by molar-refractivity contribution is 0.470. The average Bonchev–Trinajstić information content (AvgIpc) is 2.79. The Hall–Kier alpha value is -0.870. The van der Waals surface area contributed by atoms with Crippen LogP contribution < -0.4 is 5.32 Å². The molecule has 1 aromatic carbocycles. The molecule has 0 bridgehead atoms. The van der Waals surface area contributed by atoms with Gasteiger partial charge >= 0.3 is 0 Å². The number of thioether (sulfide) groups is 1. The molecule has 0 radical (unpaired) electrons. The lowest BCUT2D eigenvalue weighted by Gasteiger charge is -2.15. The molecule has 2 rings (SSSR count). The number of rotatable bonds is 5. The highest BCUT2D eigenvalue weighted by Crippen LogP contribution is 2.30. The van der Waals surface area contributed by atoms with Gasteiger partial charge in [0.1, 0.15) is 5.76 Å². The van der Waals surface area contributed by atoms with E-state index in [9.17, 15) is 0 Å². The molecule has 1 N–H and O–H groups in total. The van der Waals surface area contributed by atoms with E-state index in [0.29, 0.717) is 0 Å². The third-order valence-corrected chi connectivity index (χ3v) is 3.96. The van der Waals surface area contributed by atoms with Crippen molar-refractivity contribution in [1.82, 2.24) is 0 Å². The SMILES string of the molecule is CCSc1ccccc1NC(C)c1ccc(Br)o1. The van der Waals surface area contributed by atoms with E-state index in [1.807, 2.05) is 30.0 Å². The van der Waals surface area contributed by atoms with E-state index < -0.39 is 0 Å². The van der Waals surface area contributed by atoms with Gasteiger partial charge in [0, 0.05) is 10.6 Å². The largest absolute Gasteiger partial charge is 0.452 e. The molecule has 0 aliphatic rings. The van der Waals surface area contributed by atoms with Crippen LogP contribution in [0.15, 0.2) is 50.4 Å². The van der Waals surface area contributed by atoms with E-state index in [0.717, 1.165) is 21.9 Å². The van der Waals surface area contributed by atoms with Crippen molar-refractivity contribution in [1.29, 1.82) is 0 Å². The van der Waals surface area contributed by atoms with Crippen LogP contribution in [0.25, 0.3) is 0 Å². The third kappa shape index (κ3) is 3.33. The van der Waals surface area contributed by atoms with E-state index in [4.69, 9.17) is 4.42 Å². The van der Waals surface area contributed by atoms with Crippen LogP contribution in [-0.4, -0.2) is 5.75 Å². The quantitative estimate of drug-likeness (QED) is 0.752. The smallest absolute Gasteiger partial charge is 0.169 e. The zero-order chi connectivity index (χ0) is 13.0. The van der Waals surface area contributed by atoms with Crippen LogP contribution in [0.1, 0.15) is 25.6 Å². The van der Waals surface area contributed by atoms with Crippen molar-refractivity contribution < 1.29 is 4.42 Å². The Morgan fingerprint density at radius 3 is 2.72 bits per heavy atom. The van der Waals surface area contributed by atoms with Crippen molar-refractivity contribution in [2.45, 2.75) is 24.8 Å². The van der Waals surface area contributed by atoms with Gasteiger partial charge in [-0.3, -0.25) is 0 Å². The normalized spacial score (nSPS) is 12.4. The number of nitrogens with one attached hydrogen (secondary N) is 1. The molecule has 0 aliphatic carbocycles. The van der Waals surface area contributed by atoms with Crippen molar-refractivity contribution in [3.05, 3.63) is 46.8 Å². The van der Waals surface area contributed by atoms with Crippen molar-refractivity contribution in [2.75, 3.05) is 11.1 Å². The van der Waals surface area contributed by atoms with Gasteiger partial charge in [-0.2, -0.15) is 0 Å². The average molecular weight is 326 g/mol. The molecule has 2 nitrogen and oxygen atoms in total. The van der Waals surface area contributed by atoms with Gasteiger partial charge in [0.05, 0.1) is 6.04 Å². The van der Waals surface area contributed by atoms with Crippen molar-refractivity contribution >= 4 is 33.4 Å². The van der Waals surface area contributed by atoms with Crippen LogP contribution in [0.5, 0.6) is 0 Å². The van der Waals surface area contributed by atoms with E-state index in [2.05, 4.69) is 53.3 Å². The maximum absolute atomic E-state index is 5.56. The zero-order valence-corrected chi connectivity index (χ0v) is 12.8. The highest BCUT2D eigenvalue weighted by atomic mass is 79.9. The van der Waals surface area contributed by atoms with Gasteiger partial charge in [-0.05, 0) is 52.9 Å². The fraction of sp³-hybridized carbons (Fsp3) is 0.286. The Morgan fingerprint density at radius 2 is 2.06 bits per heavy atom. The van der Waals surface area contributed by atoms with Crippen LogP contribution in [0.3, 0.4) is 0 Å². The summed E-state index contributed by atoms with van der Waals surface area (Å²) in [5.41, 5.74) is 1.16. The minimum Gasteiger partial charge on any atom is -0.452 e. The van der Waals surface area contributed by atoms with Crippen molar-refractivity contribution in [3.63, 3.8) is 0 Å². The molecule has 0 saturated carbocycles. The molecular formula is C14H16BrNOS. The molecule has 0 aliphatic heterocycles. The summed E-state index contributed by atoms with van der Waals surface area (Å²) in [6, 6.07) is 12.4. The minimum atomic E-state index is 0.148. The van der Waals surface area contributed by atoms with E-state index in [1.165, 1.54) is 4.90 Å². The summed E-state index contributed by atoms with van der Waals surface area (Å²) in [5.74, 6) is 2.00. The molecule has 0 saturated heterocycles. The number of para-hydroxylation sites is 1. The fourth-order valence-electron chi connectivity index (χ4n) is 1.73. The Balaban J connectivity index is 2.13. The van der Waals surface area contributed by atoms with E-state index in [1.54, 1.807) is 0 Å². The lowest BCUT2D eigenvalue weighted by atomic mass is 10.2. The Labute approximate surface area is 120 Å². The molecule has 0 amide bonds. The number of benzene rings is 1. The van der Waals surface area contributed by atoms with Crippen LogP contribution in [0, 0.1) is 0 Å². The molecule has 1 atom stereocenters. The fourth-order valence-corrected chi connectivity index (χ4v) is 2.82. The molecule has 2 aromatic rings. The van der Waals surface area contributed by atoms with E-state index >= 15 is 0 Å². The highest BCUT2D eigenvalue weighted by Gasteiger charge is 2.11. The maximum Gasteiger partial charge on any atom is 0.169 e. The number of hydrogen-bond donors (Lipinski definition) is 1. The number of anilines is 1. The topological polar surface area (TPSA) is 25.2 Å². The van der Waals surface area contributed by atoms with Crippen LogP contribution in [-0.2, 0) is 0 Å². The maximum atomic E-state index is 5.56. The van der Waals surface area contributed by atoms with Gasteiger partial charge < -0.3 is 9.73 Å². The predicted octanol–water partition coefficient (Wildman–Crippen LogP) is 5.33. The molecule has 0 fully saturated rings. The van der Waals surface area contributed by atoms with Gasteiger partial charge in [-0.15, -0.1) is 11.8 Å². The Kier molecular flexibility index (Phi) is 4.78.